The van der Waals surface area contributed by atoms with Crippen molar-refractivity contribution in [3.8, 4) is 17.2 Å². The Morgan fingerprint density at radius 3 is 2.72 bits per heavy atom. The first-order chi connectivity index (χ1) is 14.2. The third-order valence-electron chi connectivity index (χ3n) is 4.23. The average molecular weight is 409 g/mol. The van der Waals surface area contributed by atoms with E-state index in [1.165, 1.54) is 0 Å². The van der Waals surface area contributed by atoms with E-state index in [-0.39, 0.29) is 12.7 Å². The van der Waals surface area contributed by atoms with E-state index in [9.17, 15) is 4.79 Å². The average Bonchev–Trinajstić information content (AvgIpc) is 3.22. The van der Waals surface area contributed by atoms with Crippen LogP contribution in [0.4, 0.5) is 0 Å². The van der Waals surface area contributed by atoms with Crippen LogP contribution in [0.1, 0.15) is 21.5 Å². The van der Waals surface area contributed by atoms with E-state index in [0.717, 1.165) is 11.1 Å². The molecule has 0 atom stereocenters. The summed E-state index contributed by atoms with van der Waals surface area (Å²) in [5.41, 5.74) is 4.68. The third-order valence-corrected chi connectivity index (χ3v) is 4.48. The molecule has 4 rings (SSSR count). The van der Waals surface area contributed by atoms with Gasteiger partial charge in [0.05, 0.1) is 6.21 Å². The number of rotatable bonds is 6. The fraction of sp³-hybridized carbons (Fsp3) is 0.0909. The van der Waals surface area contributed by atoms with Gasteiger partial charge in [-0.3, -0.25) is 4.79 Å². The molecule has 6 nitrogen and oxygen atoms in total. The number of para-hydroxylation sites is 1. The summed E-state index contributed by atoms with van der Waals surface area (Å²) in [4.78, 5) is 12.3. The summed E-state index contributed by atoms with van der Waals surface area (Å²) < 4.78 is 16.4. The van der Waals surface area contributed by atoms with Crippen molar-refractivity contribution in [2.24, 2.45) is 5.10 Å². The molecule has 0 bridgehead atoms. The number of hydrogen-bond acceptors (Lipinski definition) is 5. The minimum Gasteiger partial charge on any atom is -0.488 e. The first kappa shape index (κ1) is 18.8. The van der Waals surface area contributed by atoms with Crippen LogP contribution in [-0.4, -0.2) is 18.9 Å². The lowest BCUT2D eigenvalue weighted by atomic mass is 10.2. The van der Waals surface area contributed by atoms with Crippen molar-refractivity contribution in [2.45, 2.75) is 6.61 Å². The second-order valence-corrected chi connectivity index (χ2v) is 6.66. The number of amides is 1. The lowest BCUT2D eigenvalue weighted by Gasteiger charge is -2.09. The van der Waals surface area contributed by atoms with Crippen molar-refractivity contribution in [3.63, 3.8) is 0 Å². The molecule has 146 valence electrons. The fourth-order valence-electron chi connectivity index (χ4n) is 2.72. The number of carbonyl (C=O) groups excluding carboxylic acids is 1. The van der Waals surface area contributed by atoms with E-state index in [0.29, 0.717) is 34.4 Å². The zero-order valence-corrected chi connectivity index (χ0v) is 16.1. The molecule has 0 fully saturated rings. The van der Waals surface area contributed by atoms with E-state index in [1.54, 1.807) is 24.4 Å². The van der Waals surface area contributed by atoms with Gasteiger partial charge in [-0.2, -0.15) is 5.10 Å². The topological polar surface area (TPSA) is 69.2 Å². The Kier molecular flexibility index (Phi) is 5.63. The van der Waals surface area contributed by atoms with Crippen LogP contribution in [0.25, 0.3) is 0 Å². The molecule has 1 aliphatic heterocycles. The summed E-state index contributed by atoms with van der Waals surface area (Å²) >= 11 is 5.90. The molecular weight excluding hydrogens is 392 g/mol. The molecule has 1 heterocycles. The molecule has 3 aromatic carbocycles. The van der Waals surface area contributed by atoms with Crippen molar-refractivity contribution < 1.29 is 19.0 Å². The Balaban J connectivity index is 1.39. The standard InChI is InChI=1S/C22H17ClN2O4/c23-18-8-5-15(6-9-18)13-27-19-4-2-1-3-17(19)12-24-25-22(26)16-7-10-20-21(11-16)29-14-28-20/h1-12H,13-14H2,(H,25,26)/b24-12-. The zero-order valence-electron chi connectivity index (χ0n) is 15.3. The van der Waals surface area contributed by atoms with Gasteiger partial charge in [0.1, 0.15) is 12.4 Å². The quantitative estimate of drug-likeness (QED) is 0.484. The number of fused-ring (bicyclic) bond motifs is 1. The van der Waals surface area contributed by atoms with Crippen molar-refractivity contribution in [1.82, 2.24) is 5.43 Å². The molecule has 0 aliphatic carbocycles. The summed E-state index contributed by atoms with van der Waals surface area (Å²) in [5, 5.41) is 4.72. The minimum absolute atomic E-state index is 0.158. The lowest BCUT2D eigenvalue weighted by molar-refractivity contribution is 0.0954. The van der Waals surface area contributed by atoms with E-state index in [1.807, 2.05) is 48.5 Å². The van der Waals surface area contributed by atoms with Gasteiger partial charge in [0.25, 0.3) is 5.91 Å². The molecule has 3 aromatic rings. The highest BCUT2D eigenvalue weighted by molar-refractivity contribution is 6.30. The monoisotopic (exact) mass is 408 g/mol. The van der Waals surface area contributed by atoms with Crippen LogP contribution in [0.5, 0.6) is 17.2 Å². The normalized spacial score (nSPS) is 12.2. The van der Waals surface area contributed by atoms with Crippen LogP contribution in [0.15, 0.2) is 71.8 Å². The van der Waals surface area contributed by atoms with Crippen molar-refractivity contribution in [2.75, 3.05) is 6.79 Å². The number of carbonyl (C=O) groups is 1. The van der Waals surface area contributed by atoms with Gasteiger partial charge in [0.2, 0.25) is 6.79 Å². The van der Waals surface area contributed by atoms with Crippen LogP contribution in [0, 0.1) is 0 Å². The van der Waals surface area contributed by atoms with Crippen molar-refractivity contribution in [1.29, 1.82) is 0 Å². The lowest BCUT2D eigenvalue weighted by Crippen LogP contribution is -2.17. The summed E-state index contributed by atoms with van der Waals surface area (Å²) in [5.74, 6) is 1.47. The van der Waals surface area contributed by atoms with Crippen LogP contribution < -0.4 is 19.6 Å². The molecule has 0 unspecified atom stereocenters. The van der Waals surface area contributed by atoms with Crippen LogP contribution >= 0.6 is 11.6 Å². The summed E-state index contributed by atoms with van der Waals surface area (Å²) in [6.07, 6.45) is 1.54. The maximum Gasteiger partial charge on any atom is 0.271 e. The van der Waals surface area contributed by atoms with Gasteiger partial charge in [0.15, 0.2) is 11.5 Å². The Hall–Kier alpha value is -3.51. The molecule has 1 amide bonds. The molecule has 0 spiro atoms. The number of hydrazone groups is 1. The zero-order chi connectivity index (χ0) is 20.1. The van der Waals surface area contributed by atoms with Gasteiger partial charge in [-0.1, -0.05) is 35.9 Å². The van der Waals surface area contributed by atoms with Gasteiger partial charge in [-0.15, -0.1) is 0 Å². The van der Waals surface area contributed by atoms with Gasteiger partial charge < -0.3 is 14.2 Å². The predicted molar refractivity (Wildman–Crippen MR) is 110 cm³/mol. The Morgan fingerprint density at radius 1 is 1.07 bits per heavy atom. The summed E-state index contributed by atoms with van der Waals surface area (Å²) in [6, 6.07) is 19.9. The molecule has 1 N–H and O–H groups in total. The second-order valence-electron chi connectivity index (χ2n) is 6.22. The third kappa shape index (κ3) is 4.67. The summed E-state index contributed by atoms with van der Waals surface area (Å²) in [6.45, 7) is 0.553. The molecule has 0 radical (unpaired) electrons. The largest absolute Gasteiger partial charge is 0.488 e. The maximum absolute atomic E-state index is 12.3. The first-order valence-electron chi connectivity index (χ1n) is 8.88. The van der Waals surface area contributed by atoms with Gasteiger partial charge in [0, 0.05) is 16.1 Å². The van der Waals surface area contributed by atoms with E-state index in [4.69, 9.17) is 25.8 Å². The van der Waals surface area contributed by atoms with Crippen molar-refractivity contribution in [3.05, 3.63) is 88.4 Å². The number of nitrogens with zero attached hydrogens (tertiary/aromatic N) is 1. The van der Waals surface area contributed by atoms with Crippen LogP contribution in [0.2, 0.25) is 5.02 Å². The molecule has 0 saturated heterocycles. The molecule has 0 aromatic heterocycles. The highest BCUT2D eigenvalue weighted by atomic mass is 35.5. The number of nitrogens with one attached hydrogen (secondary N) is 1. The Bertz CT molecular complexity index is 1050. The van der Waals surface area contributed by atoms with Gasteiger partial charge in [-0.05, 0) is 48.0 Å². The van der Waals surface area contributed by atoms with E-state index in [2.05, 4.69) is 10.5 Å². The smallest absolute Gasteiger partial charge is 0.271 e. The SMILES string of the molecule is O=C(N/N=C\c1ccccc1OCc1ccc(Cl)cc1)c1ccc2c(c1)OCO2. The molecule has 29 heavy (non-hydrogen) atoms. The Morgan fingerprint density at radius 2 is 1.86 bits per heavy atom. The van der Waals surface area contributed by atoms with Gasteiger partial charge in [-0.25, -0.2) is 5.43 Å². The highest BCUT2D eigenvalue weighted by Gasteiger charge is 2.15. The predicted octanol–water partition coefficient (Wildman–Crippen LogP) is 4.41. The number of hydrogen-bond donors (Lipinski definition) is 1. The maximum atomic E-state index is 12.3. The van der Waals surface area contributed by atoms with E-state index < -0.39 is 0 Å². The van der Waals surface area contributed by atoms with Crippen molar-refractivity contribution >= 4 is 23.7 Å². The summed E-state index contributed by atoms with van der Waals surface area (Å²) in [7, 11) is 0. The molecule has 1 aliphatic rings. The minimum atomic E-state index is -0.348. The number of ether oxygens (including phenoxy) is 3. The number of halogens is 1. The van der Waals surface area contributed by atoms with Gasteiger partial charge >= 0.3 is 0 Å². The Labute approximate surface area is 172 Å². The van der Waals surface area contributed by atoms with E-state index >= 15 is 0 Å². The molecule has 7 heteroatoms. The van der Waals surface area contributed by atoms with Crippen LogP contribution in [0.3, 0.4) is 0 Å². The van der Waals surface area contributed by atoms with Crippen LogP contribution in [-0.2, 0) is 6.61 Å². The second kappa shape index (κ2) is 8.67. The highest BCUT2D eigenvalue weighted by Crippen LogP contribution is 2.32. The fourth-order valence-corrected chi connectivity index (χ4v) is 2.85. The molecule has 0 saturated carbocycles. The first-order valence-corrected chi connectivity index (χ1v) is 9.26. The molecular formula is C22H17ClN2O4. The number of benzene rings is 3.